The number of guanidine groups is 1. The minimum absolute atomic E-state index is 0.0107. The first-order chi connectivity index (χ1) is 11.9. The van der Waals surface area contributed by atoms with E-state index in [4.69, 9.17) is 16.6 Å². The van der Waals surface area contributed by atoms with Crippen LogP contribution in [0.15, 0.2) is 4.99 Å². The highest BCUT2D eigenvalue weighted by atomic mass is 16.4. The van der Waals surface area contributed by atoms with E-state index in [1.165, 1.54) is 0 Å². The Morgan fingerprint density at radius 2 is 1.80 bits per heavy atom. The van der Waals surface area contributed by atoms with Gasteiger partial charge in [0.25, 0.3) is 0 Å². The predicted molar refractivity (Wildman–Crippen MR) is 96.9 cm³/mol. The van der Waals surface area contributed by atoms with Crippen molar-refractivity contribution < 1.29 is 14.7 Å². The van der Waals surface area contributed by atoms with Gasteiger partial charge in [-0.1, -0.05) is 6.42 Å². The third-order valence-corrected chi connectivity index (χ3v) is 5.81. The Labute approximate surface area is 149 Å². The number of nitrogens with two attached hydrogens (primary N) is 2. The molecular weight excluding hydrogens is 320 g/mol. The van der Waals surface area contributed by atoms with Crippen molar-refractivity contribution in [1.29, 1.82) is 0 Å². The second-order valence-electron chi connectivity index (χ2n) is 7.63. The lowest BCUT2D eigenvalue weighted by atomic mass is 9.81. The third kappa shape index (κ3) is 5.90. The summed E-state index contributed by atoms with van der Waals surface area (Å²) in [5.41, 5.74) is 10.9. The van der Waals surface area contributed by atoms with Gasteiger partial charge in [-0.3, -0.25) is 14.6 Å². The van der Waals surface area contributed by atoms with Gasteiger partial charge in [-0.05, 0) is 57.3 Å². The fourth-order valence-corrected chi connectivity index (χ4v) is 4.33. The second kappa shape index (κ2) is 9.06. The molecule has 0 saturated heterocycles. The third-order valence-electron chi connectivity index (χ3n) is 5.81. The molecule has 0 aliphatic heterocycles. The summed E-state index contributed by atoms with van der Waals surface area (Å²) < 4.78 is 0. The van der Waals surface area contributed by atoms with Crippen LogP contribution in [0.1, 0.15) is 64.2 Å². The number of carboxylic acids is 1. The highest BCUT2D eigenvalue weighted by Crippen LogP contribution is 2.33. The molecule has 0 aromatic rings. The zero-order valence-electron chi connectivity index (χ0n) is 15.2. The number of aliphatic carboxylic acids is 1. The quantitative estimate of drug-likeness (QED) is 0.496. The zero-order chi connectivity index (χ0) is 18.4. The van der Waals surface area contributed by atoms with Crippen molar-refractivity contribution >= 4 is 17.8 Å². The number of carboxylic acid groups (broad SMARTS) is 1. The molecule has 0 spiro atoms. The van der Waals surface area contributed by atoms with Crippen molar-refractivity contribution in [2.75, 3.05) is 7.05 Å². The molecule has 0 heterocycles. The molecule has 2 unspecified atom stereocenters. The van der Waals surface area contributed by atoms with Crippen LogP contribution in [0, 0.1) is 11.8 Å². The van der Waals surface area contributed by atoms with Crippen molar-refractivity contribution in [3.8, 4) is 0 Å². The van der Waals surface area contributed by atoms with Gasteiger partial charge in [0.2, 0.25) is 5.91 Å². The average molecular weight is 352 g/mol. The summed E-state index contributed by atoms with van der Waals surface area (Å²) in [5, 5.41) is 8.80. The summed E-state index contributed by atoms with van der Waals surface area (Å²) in [6.07, 6.45) is 8.53. The Bertz CT molecular complexity index is 497. The van der Waals surface area contributed by atoms with Gasteiger partial charge in [-0.25, -0.2) is 0 Å². The maximum atomic E-state index is 12.9. The number of carbonyl (C=O) groups is 2. The lowest BCUT2D eigenvalue weighted by molar-refractivity contribution is -0.138. The highest BCUT2D eigenvalue weighted by molar-refractivity contribution is 5.79. The summed E-state index contributed by atoms with van der Waals surface area (Å²) >= 11 is 0. The van der Waals surface area contributed by atoms with E-state index in [-0.39, 0.29) is 36.3 Å². The number of hydrogen-bond acceptors (Lipinski definition) is 3. The van der Waals surface area contributed by atoms with Gasteiger partial charge in [0, 0.05) is 25.4 Å². The van der Waals surface area contributed by atoms with E-state index in [2.05, 4.69) is 4.99 Å². The van der Waals surface area contributed by atoms with Crippen molar-refractivity contribution in [3.63, 3.8) is 0 Å². The van der Waals surface area contributed by atoms with Crippen molar-refractivity contribution in [1.82, 2.24) is 4.90 Å². The Morgan fingerprint density at radius 3 is 2.40 bits per heavy atom. The van der Waals surface area contributed by atoms with E-state index < -0.39 is 5.97 Å². The van der Waals surface area contributed by atoms with E-state index in [1.54, 1.807) is 0 Å². The topological polar surface area (TPSA) is 122 Å². The fraction of sp³-hybridized carbons (Fsp3) is 0.833. The molecule has 2 rings (SSSR count). The molecule has 2 atom stereocenters. The summed E-state index contributed by atoms with van der Waals surface area (Å²) in [6.45, 7) is 0. The zero-order valence-corrected chi connectivity index (χ0v) is 15.2. The average Bonchev–Trinajstić information content (AvgIpc) is 2.59. The first kappa shape index (κ1) is 19.5. The first-order valence-electron chi connectivity index (χ1n) is 9.44. The van der Waals surface area contributed by atoms with Crippen LogP contribution in [0.25, 0.3) is 0 Å². The Morgan fingerprint density at radius 1 is 1.12 bits per heavy atom. The Balaban J connectivity index is 1.82. The predicted octanol–water partition coefficient (Wildman–Crippen LogP) is 1.70. The molecule has 25 heavy (non-hydrogen) atoms. The molecule has 0 aromatic heterocycles. The molecule has 2 aliphatic rings. The fourth-order valence-electron chi connectivity index (χ4n) is 4.33. The molecule has 2 saturated carbocycles. The smallest absolute Gasteiger partial charge is 0.303 e. The normalized spacial score (nSPS) is 29.6. The van der Waals surface area contributed by atoms with Crippen LogP contribution in [-0.4, -0.2) is 47.0 Å². The molecular formula is C18H32N4O3. The van der Waals surface area contributed by atoms with Crippen LogP contribution in [0.4, 0.5) is 0 Å². The van der Waals surface area contributed by atoms with Crippen molar-refractivity contribution in [3.05, 3.63) is 0 Å². The molecule has 2 fully saturated rings. The number of rotatable bonds is 6. The minimum atomic E-state index is -0.720. The number of hydrogen-bond donors (Lipinski definition) is 3. The SMILES string of the molecule is CN(C(=O)C1CCCC(N=C(N)N)C1)C1CCC(CCC(=O)O)CC1. The van der Waals surface area contributed by atoms with E-state index in [0.29, 0.717) is 5.92 Å². The lowest BCUT2D eigenvalue weighted by Crippen LogP contribution is -2.44. The highest BCUT2D eigenvalue weighted by Gasteiger charge is 2.33. The monoisotopic (exact) mass is 352 g/mol. The number of aliphatic imine (C=N–C) groups is 1. The van der Waals surface area contributed by atoms with Crippen LogP contribution >= 0.6 is 0 Å². The number of carbonyl (C=O) groups excluding carboxylic acids is 1. The van der Waals surface area contributed by atoms with Gasteiger partial charge in [0.05, 0.1) is 6.04 Å². The van der Waals surface area contributed by atoms with E-state index in [9.17, 15) is 9.59 Å². The molecule has 0 radical (unpaired) electrons. The summed E-state index contributed by atoms with van der Waals surface area (Å²) in [7, 11) is 1.91. The van der Waals surface area contributed by atoms with Gasteiger partial charge in [-0.15, -0.1) is 0 Å². The summed E-state index contributed by atoms with van der Waals surface area (Å²) in [6, 6.07) is 0.338. The number of amides is 1. The lowest BCUT2D eigenvalue weighted by Gasteiger charge is -2.37. The molecule has 2 aliphatic carbocycles. The molecule has 7 heteroatoms. The largest absolute Gasteiger partial charge is 0.481 e. The Hall–Kier alpha value is -1.79. The molecule has 5 N–H and O–H groups in total. The van der Waals surface area contributed by atoms with Crippen molar-refractivity contribution in [2.24, 2.45) is 28.3 Å². The standard InChI is InChI=1S/C18H32N4O3/c1-22(15-8-5-12(6-9-15)7-10-16(23)24)17(25)13-3-2-4-14(11-13)21-18(19)20/h12-15H,2-11H2,1H3,(H,23,24)(H4,19,20,21). The minimum Gasteiger partial charge on any atom is -0.481 e. The van der Waals surface area contributed by atoms with E-state index in [1.807, 2.05) is 11.9 Å². The van der Waals surface area contributed by atoms with Gasteiger partial charge in [-0.2, -0.15) is 0 Å². The van der Waals surface area contributed by atoms with Crippen LogP contribution < -0.4 is 11.5 Å². The summed E-state index contributed by atoms with van der Waals surface area (Å²) in [4.78, 5) is 29.7. The molecule has 1 amide bonds. The second-order valence-corrected chi connectivity index (χ2v) is 7.63. The maximum absolute atomic E-state index is 12.9. The Kier molecular flexibility index (Phi) is 7.08. The van der Waals surface area contributed by atoms with E-state index >= 15 is 0 Å². The van der Waals surface area contributed by atoms with Crippen molar-refractivity contribution in [2.45, 2.75) is 76.3 Å². The van der Waals surface area contributed by atoms with Gasteiger partial charge in [0.15, 0.2) is 5.96 Å². The van der Waals surface area contributed by atoms with Gasteiger partial charge < -0.3 is 21.5 Å². The maximum Gasteiger partial charge on any atom is 0.303 e. The molecule has 7 nitrogen and oxygen atoms in total. The van der Waals surface area contributed by atoms with Crippen LogP contribution in [0.3, 0.4) is 0 Å². The van der Waals surface area contributed by atoms with Gasteiger partial charge >= 0.3 is 5.97 Å². The number of nitrogens with zero attached hydrogens (tertiary/aromatic N) is 2. The molecule has 0 bridgehead atoms. The van der Waals surface area contributed by atoms with E-state index in [0.717, 1.165) is 57.8 Å². The molecule has 0 aromatic carbocycles. The summed E-state index contributed by atoms with van der Waals surface area (Å²) in [5.74, 6) is 0.0889. The van der Waals surface area contributed by atoms with Crippen LogP contribution in [-0.2, 0) is 9.59 Å². The van der Waals surface area contributed by atoms with Gasteiger partial charge in [0.1, 0.15) is 0 Å². The van der Waals surface area contributed by atoms with Crippen LogP contribution in [0.2, 0.25) is 0 Å². The molecule has 142 valence electrons. The van der Waals surface area contributed by atoms with Crippen LogP contribution in [0.5, 0.6) is 0 Å². The first-order valence-corrected chi connectivity index (χ1v) is 9.44.